The number of aromatic nitrogens is 2. The van der Waals surface area contributed by atoms with Crippen LogP contribution in [0.4, 0.5) is 0 Å². The molecule has 14 heavy (non-hydrogen) atoms. The highest BCUT2D eigenvalue weighted by Gasteiger charge is 2.08. The van der Waals surface area contributed by atoms with Gasteiger partial charge in [-0.25, -0.2) is 9.97 Å². The fourth-order valence-electron chi connectivity index (χ4n) is 0.852. The van der Waals surface area contributed by atoms with Gasteiger partial charge in [0.05, 0.1) is 0 Å². The van der Waals surface area contributed by atoms with E-state index in [-0.39, 0.29) is 5.57 Å². The van der Waals surface area contributed by atoms with Crippen molar-refractivity contribution >= 4 is 11.5 Å². The summed E-state index contributed by atoms with van der Waals surface area (Å²) in [5, 5.41) is 9.12. The minimum Gasteiger partial charge on any atom is -0.385 e. The van der Waals surface area contributed by atoms with Crippen molar-refractivity contribution in [2.75, 3.05) is 0 Å². The molecule has 0 radical (unpaired) electrons. The zero-order valence-electron chi connectivity index (χ0n) is 7.77. The van der Waals surface area contributed by atoms with E-state index >= 15 is 0 Å². The summed E-state index contributed by atoms with van der Waals surface area (Å²) < 4.78 is 0. The van der Waals surface area contributed by atoms with Gasteiger partial charge in [0.15, 0.2) is 5.82 Å². The lowest BCUT2D eigenvalue weighted by atomic mass is 10.1. The van der Waals surface area contributed by atoms with E-state index < -0.39 is 12.0 Å². The third-order valence-electron chi connectivity index (χ3n) is 1.69. The van der Waals surface area contributed by atoms with E-state index in [4.69, 9.17) is 10.8 Å². The van der Waals surface area contributed by atoms with E-state index in [1.165, 1.54) is 12.4 Å². The van der Waals surface area contributed by atoms with Crippen LogP contribution in [0.15, 0.2) is 19.0 Å². The van der Waals surface area contributed by atoms with E-state index in [2.05, 4.69) is 16.5 Å². The van der Waals surface area contributed by atoms with Crippen LogP contribution >= 0.6 is 0 Å². The van der Waals surface area contributed by atoms with E-state index in [0.717, 1.165) is 0 Å². The molecule has 0 bridgehead atoms. The molecule has 0 saturated heterocycles. The number of amides is 1. The highest BCUT2D eigenvalue weighted by molar-refractivity contribution is 6.17. The molecule has 0 spiro atoms. The van der Waals surface area contributed by atoms with Gasteiger partial charge in [0.25, 0.3) is 0 Å². The number of hydrogen-bond donors (Lipinski definition) is 2. The largest absolute Gasteiger partial charge is 0.385 e. The van der Waals surface area contributed by atoms with Gasteiger partial charge in [0.1, 0.15) is 6.10 Å². The maximum absolute atomic E-state index is 10.7. The summed E-state index contributed by atoms with van der Waals surface area (Å²) in [6.07, 6.45) is 2.08. The predicted octanol–water partition coefficient (Wildman–Crippen LogP) is 0.0284. The van der Waals surface area contributed by atoms with Crippen molar-refractivity contribution in [2.45, 2.75) is 13.0 Å². The van der Waals surface area contributed by atoms with Gasteiger partial charge in [-0.3, -0.25) is 4.79 Å². The zero-order chi connectivity index (χ0) is 10.7. The van der Waals surface area contributed by atoms with Crippen molar-refractivity contribution in [3.05, 3.63) is 30.4 Å². The molecule has 3 N–H and O–H groups in total. The molecule has 0 aromatic carbocycles. The van der Waals surface area contributed by atoms with Crippen molar-refractivity contribution in [3.63, 3.8) is 0 Å². The van der Waals surface area contributed by atoms with Gasteiger partial charge in [-0.05, 0) is 6.92 Å². The Morgan fingerprint density at radius 2 is 2.07 bits per heavy atom. The molecule has 1 amide bonds. The van der Waals surface area contributed by atoms with Crippen molar-refractivity contribution in [3.8, 4) is 0 Å². The monoisotopic (exact) mass is 193 g/mol. The Bertz CT molecular complexity index is 357. The number of aliphatic hydroxyl groups excluding tert-OH is 1. The molecule has 74 valence electrons. The van der Waals surface area contributed by atoms with Crippen LogP contribution in [0.25, 0.3) is 5.57 Å². The molecule has 0 saturated carbocycles. The Balaban J connectivity index is 2.94. The summed E-state index contributed by atoms with van der Waals surface area (Å²) in [6, 6.07) is 0. The SMILES string of the molecule is C=C(C(N)=O)c1cnc(C(C)O)nc1. The third-order valence-corrected chi connectivity index (χ3v) is 1.69. The topological polar surface area (TPSA) is 89.1 Å². The molecule has 0 aliphatic heterocycles. The van der Waals surface area contributed by atoms with Gasteiger partial charge >= 0.3 is 0 Å². The van der Waals surface area contributed by atoms with Crippen molar-refractivity contribution < 1.29 is 9.90 Å². The van der Waals surface area contributed by atoms with Gasteiger partial charge in [-0.15, -0.1) is 0 Å². The predicted molar refractivity (Wildman–Crippen MR) is 50.9 cm³/mol. The molecule has 1 aromatic heterocycles. The molecule has 0 fully saturated rings. The van der Waals surface area contributed by atoms with Gasteiger partial charge in [0.2, 0.25) is 5.91 Å². The molecule has 1 atom stereocenters. The van der Waals surface area contributed by atoms with Crippen LogP contribution in [0.5, 0.6) is 0 Å². The zero-order valence-corrected chi connectivity index (χ0v) is 7.77. The van der Waals surface area contributed by atoms with E-state index in [9.17, 15) is 4.79 Å². The lowest BCUT2D eigenvalue weighted by Crippen LogP contribution is -2.12. The maximum atomic E-state index is 10.7. The van der Waals surface area contributed by atoms with Crippen LogP contribution in [-0.2, 0) is 4.79 Å². The Hall–Kier alpha value is -1.75. The highest BCUT2D eigenvalue weighted by atomic mass is 16.3. The van der Waals surface area contributed by atoms with Crippen molar-refractivity contribution in [1.29, 1.82) is 0 Å². The number of nitrogens with zero attached hydrogens (tertiary/aromatic N) is 2. The van der Waals surface area contributed by atoms with Crippen LogP contribution in [0.1, 0.15) is 24.4 Å². The molecular weight excluding hydrogens is 182 g/mol. The molecule has 0 aliphatic carbocycles. The van der Waals surface area contributed by atoms with Crippen LogP contribution in [0.2, 0.25) is 0 Å². The van der Waals surface area contributed by atoms with Crippen LogP contribution < -0.4 is 5.73 Å². The second-order valence-electron chi connectivity index (χ2n) is 2.85. The Morgan fingerprint density at radius 1 is 1.57 bits per heavy atom. The van der Waals surface area contributed by atoms with E-state index in [1.807, 2.05) is 0 Å². The molecule has 5 nitrogen and oxygen atoms in total. The molecule has 1 unspecified atom stereocenters. The number of carbonyl (C=O) groups excluding carboxylic acids is 1. The first-order valence-electron chi connectivity index (χ1n) is 4.01. The summed E-state index contributed by atoms with van der Waals surface area (Å²) in [4.78, 5) is 18.4. The van der Waals surface area contributed by atoms with E-state index in [0.29, 0.717) is 11.4 Å². The Labute approximate surface area is 81.3 Å². The number of hydrogen-bond acceptors (Lipinski definition) is 4. The Kier molecular flexibility index (Phi) is 2.93. The lowest BCUT2D eigenvalue weighted by molar-refractivity contribution is -0.112. The first-order chi connectivity index (χ1) is 6.52. The third kappa shape index (κ3) is 2.14. The fraction of sp³-hybridized carbons (Fsp3) is 0.222. The number of primary amides is 1. The summed E-state index contributed by atoms with van der Waals surface area (Å²) in [5.41, 5.74) is 5.64. The standard InChI is InChI=1S/C9H11N3O2/c1-5(8(10)14)7-3-11-9(6(2)13)12-4-7/h3-4,6,13H,1H2,2H3,(H2,10,14). The number of aliphatic hydroxyl groups is 1. The second-order valence-corrected chi connectivity index (χ2v) is 2.85. The summed E-state index contributed by atoms with van der Waals surface area (Å²) >= 11 is 0. The minimum absolute atomic E-state index is 0.155. The molecule has 1 aromatic rings. The first-order valence-corrected chi connectivity index (χ1v) is 4.01. The Morgan fingerprint density at radius 3 is 2.43 bits per heavy atom. The van der Waals surface area contributed by atoms with Crippen LogP contribution in [0.3, 0.4) is 0 Å². The van der Waals surface area contributed by atoms with Crippen molar-refractivity contribution in [2.24, 2.45) is 5.73 Å². The van der Waals surface area contributed by atoms with Gasteiger partial charge in [-0.1, -0.05) is 6.58 Å². The maximum Gasteiger partial charge on any atom is 0.248 e. The van der Waals surface area contributed by atoms with Crippen LogP contribution in [0, 0.1) is 0 Å². The average Bonchev–Trinajstić information content (AvgIpc) is 2.16. The fourth-order valence-corrected chi connectivity index (χ4v) is 0.852. The summed E-state index contributed by atoms with van der Waals surface area (Å²) in [5.74, 6) is -0.315. The average molecular weight is 193 g/mol. The van der Waals surface area contributed by atoms with Gasteiger partial charge in [0, 0.05) is 23.5 Å². The first kappa shape index (κ1) is 10.3. The number of carbonyl (C=O) groups is 1. The van der Waals surface area contributed by atoms with E-state index in [1.54, 1.807) is 6.92 Å². The van der Waals surface area contributed by atoms with Crippen molar-refractivity contribution in [1.82, 2.24) is 9.97 Å². The summed E-state index contributed by atoms with van der Waals surface area (Å²) in [6.45, 7) is 5.04. The normalized spacial score (nSPS) is 12.1. The van der Waals surface area contributed by atoms with Gasteiger partial charge < -0.3 is 10.8 Å². The lowest BCUT2D eigenvalue weighted by Gasteiger charge is -2.04. The molecule has 1 heterocycles. The molecule has 5 heteroatoms. The molecule has 1 rings (SSSR count). The highest BCUT2D eigenvalue weighted by Crippen LogP contribution is 2.11. The van der Waals surface area contributed by atoms with Gasteiger partial charge in [-0.2, -0.15) is 0 Å². The van der Waals surface area contributed by atoms with Crippen LogP contribution in [-0.4, -0.2) is 21.0 Å². The summed E-state index contributed by atoms with van der Waals surface area (Å²) in [7, 11) is 0. The number of nitrogens with two attached hydrogens (primary N) is 1. The molecular formula is C9H11N3O2. The second kappa shape index (κ2) is 3.97. The molecule has 0 aliphatic rings. The quantitative estimate of drug-likeness (QED) is 0.662. The smallest absolute Gasteiger partial charge is 0.248 e. The number of rotatable bonds is 3. The minimum atomic E-state index is -0.731.